The number of nitrogens with zero attached hydrogens (tertiary/aromatic N) is 5. The number of carbonyl (C=O) groups is 1. The molecule has 32 heavy (non-hydrogen) atoms. The zero-order valence-corrected chi connectivity index (χ0v) is 19.0. The molecule has 0 spiro atoms. The normalized spacial score (nSPS) is 11.0. The number of aromatic nitrogens is 5. The minimum atomic E-state index is -0.404. The Morgan fingerprint density at radius 1 is 1.19 bits per heavy atom. The summed E-state index contributed by atoms with van der Waals surface area (Å²) in [6.45, 7) is 2.60. The third kappa shape index (κ3) is 4.84. The van der Waals surface area contributed by atoms with Gasteiger partial charge in [0.2, 0.25) is 5.91 Å². The molecule has 0 bridgehead atoms. The molecule has 0 unspecified atom stereocenters. The monoisotopic (exact) mass is 470 g/mol. The molecule has 4 rings (SSSR count). The smallest absolute Gasteiger partial charge is 0.234 e. The van der Waals surface area contributed by atoms with E-state index in [1.54, 1.807) is 16.8 Å². The maximum absolute atomic E-state index is 13.3. The van der Waals surface area contributed by atoms with E-state index in [1.165, 1.54) is 23.9 Å². The summed E-state index contributed by atoms with van der Waals surface area (Å²) in [4.78, 5) is 12.3. The van der Waals surface area contributed by atoms with E-state index in [4.69, 9.17) is 11.6 Å². The molecule has 0 aliphatic carbocycles. The summed E-state index contributed by atoms with van der Waals surface area (Å²) < 4.78 is 17.0. The Labute approximate surface area is 193 Å². The minimum absolute atomic E-state index is 0.117. The standard InChI is InChI=1S/C22H20ClFN6OS/c1-3-30-21(18-12-29(2)28-20(18)14-7-9-15(23)10-8-14)26-27-22(30)32-13-19(31)25-17-6-4-5-16(24)11-17/h4-12H,3,13H2,1-2H3,(H,25,31). The van der Waals surface area contributed by atoms with Gasteiger partial charge in [0, 0.05) is 36.1 Å². The molecule has 0 saturated carbocycles. The Kier molecular flexibility index (Phi) is 6.57. The molecule has 2 aromatic carbocycles. The lowest BCUT2D eigenvalue weighted by molar-refractivity contribution is -0.113. The summed E-state index contributed by atoms with van der Waals surface area (Å²) in [6, 6.07) is 13.2. The van der Waals surface area contributed by atoms with Crippen LogP contribution in [0.25, 0.3) is 22.6 Å². The predicted octanol–water partition coefficient (Wildman–Crippen LogP) is 4.89. The molecule has 0 saturated heterocycles. The van der Waals surface area contributed by atoms with E-state index >= 15 is 0 Å². The lowest BCUT2D eigenvalue weighted by atomic mass is 10.1. The fourth-order valence-corrected chi connectivity index (χ4v) is 4.17. The quantitative estimate of drug-likeness (QED) is 0.389. The van der Waals surface area contributed by atoms with Crippen LogP contribution < -0.4 is 5.32 Å². The molecule has 1 N–H and O–H groups in total. The van der Waals surface area contributed by atoms with Gasteiger partial charge in [0.25, 0.3) is 0 Å². The summed E-state index contributed by atoms with van der Waals surface area (Å²) in [6.07, 6.45) is 1.89. The van der Waals surface area contributed by atoms with E-state index in [0.29, 0.717) is 28.2 Å². The Bertz CT molecular complexity index is 1250. The lowest BCUT2D eigenvalue weighted by Crippen LogP contribution is -2.14. The number of thioether (sulfide) groups is 1. The van der Waals surface area contributed by atoms with Crippen LogP contribution in [0.1, 0.15) is 6.92 Å². The number of rotatable bonds is 7. The fraction of sp³-hybridized carbons (Fsp3) is 0.182. The van der Waals surface area contributed by atoms with Gasteiger partial charge < -0.3 is 9.88 Å². The Hall–Kier alpha value is -3.17. The van der Waals surface area contributed by atoms with Crippen molar-refractivity contribution >= 4 is 35.0 Å². The second-order valence-electron chi connectivity index (χ2n) is 6.97. The number of nitrogens with one attached hydrogen (secondary N) is 1. The van der Waals surface area contributed by atoms with Gasteiger partial charge in [-0.25, -0.2) is 4.39 Å². The number of hydrogen-bond acceptors (Lipinski definition) is 5. The van der Waals surface area contributed by atoms with Crippen LogP contribution in [0.2, 0.25) is 5.02 Å². The van der Waals surface area contributed by atoms with Crippen molar-refractivity contribution in [3.8, 4) is 22.6 Å². The van der Waals surface area contributed by atoms with Crippen molar-refractivity contribution in [1.29, 1.82) is 0 Å². The van der Waals surface area contributed by atoms with Crippen molar-refractivity contribution in [2.45, 2.75) is 18.6 Å². The molecule has 0 aliphatic heterocycles. The highest BCUT2D eigenvalue weighted by Crippen LogP contribution is 2.32. The van der Waals surface area contributed by atoms with Crippen LogP contribution in [-0.4, -0.2) is 36.2 Å². The molecule has 2 heterocycles. The van der Waals surface area contributed by atoms with E-state index in [0.717, 1.165) is 16.8 Å². The van der Waals surface area contributed by atoms with Gasteiger partial charge in [-0.2, -0.15) is 5.10 Å². The number of benzene rings is 2. The average molecular weight is 471 g/mol. The first kappa shape index (κ1) is 22.0. The first-order chi connectivity index (χ1) is 15.4. The first-order valence-electron chi connectivity index (χ1n) is 9.86. The van der Waals surface area contributed by atoms with Gasteiger partial charge in [0.15, 0.2) is 11.0 Å². The Morgan fingerprint density at radius 2 is 1.97 bits per heavy atom. The van der Waals surface area contributed by atoms with Crippen LogP contribution in [0.4, 0.5) is 10.1 Å². The molecular weight excluding hydrogens is 451 g/mol. The second-order valence-corrected chi connectivity index (χ2v) is 8.35. The maximum atomic E-state index is 13.3. The molecule has 164 valence electrons. The molecule has 7 nitrogen and oxygen atoms in total. The topological polar surface area (TPSA) is 77.6 Å². The van der Waals surface area contributed by atoms with Crippen molar-refractivity contribution in [1.82, 2.24) is 24.5 Å². The van der Waals surface area contributed by atoms with Crippen LogP contribution in [0.5, 0.6) is 0 Å². The second kappa shape index (κ2) is 9.54. The summed E-state index contributed by atoms with van der Waals surface area (Å²) in [5.41, 5.74) is 2.93. The van der Waals surface area contributed by atoms with Crippen LogP contribution in [0, 0.1) is 5.82 Å². The van der Waals surface area contributed by atoms with Gasteiger partial charge in [-0.15, -0.1) is 10.2 Å². The third-order valence-corrected chi connectivity index (χ3v) is 5.88. The molecular formula is C22H20ClFN6OS. The van der Waals surface area contributed by atoms with Crippen molar-refractivity contribution < 1.29 is 9.18 Å². The van der Waals surface area contributed by atoms with Gasteiger partial charge >= 0.3 is 0 Å². The van der Waals surface area contributed by atoms with E-state index < -0.39 is 5.82 Å². The largest absolute Gasteiger partial charge is 0.325 e. The van der Waals surface area contributed by atoms with Crippen LogP contribution in [0.15, 0.2) is 59.9 Å². The van der Waals surface area contributed by atoms with Crippen molar-refractivity contribution in [3.63, 3.8) is 0 Å². The summed E-state index contributed by atoms with van der Waals surface area (Å²) in [7, 11) is 1.85. The van der Waals surface area contributed by atoms with Crippen LogP contribution in [0.3, 0.4) is 0 Å². The number of hydrogen-bond donors (Lipinski definition) is 1. The fourth-order valence-electron chi connectivity index (χ4n) is 3.25. The highest BCUT2D eigenvalue weighted by atomic mass is 35.5. The van der Waals surface area contributed by atoms with Crippen LogP contribution >= 0.6 is 23.4 Å². The van der Waals surface area contributed by atoms with Gasteiger partial charge in [-0.05, 0) is 37.3 Å². The molecule has 1 amide bonds. The Balaban J connectivity index is 1.55. The molecule has 0 aliphatic rings. The molecule has 0 radical (unpaired) electrons. The summed E-state index contributed by atoms with van der Waals surface area (Å²) in [5, 5.41) is 17.2. The number of amides is 1. The van der Waals surface area contributed by atoms with E-state index in [1.807, 2.05) is 49.0 Å². The summed E-state index contributed by atoms with van der Waals surface area (Å²) in [5.74, 6) is 0.125. The zero-order valence-electron chi connectivity index (χ0n) is 17.4. The molecule has 2 aromatic heterocycles. The predicted molar refractivity (Wildman–Crippen MR) is 124 cm³/mol. The van der Waals surface area contributed by atoms with Gasteiger partial charge in [-0.1, -0.05) is 41.6 Å². The molecule has 0 fully saturated rings. The number of halogens is 2. The van der Waals surface area contributed by atoms with Crippen molar-refractivity contribution in [2.75, 3.05) is 11.1 Å². The van der Waals surface area contributed by atoms with Gasteiger partial charge in [-0.3, -0.25) is 9.48 Å². The molecule has 10 heteroatoms. The van der Waals surface area contributed by atoms with Crippen molar-refractivity contribution in [3.05, 3.63) is 65.6 Å². The third-order valence-electron chi connectivity index (χ3n) is 4.66. The van der Waals surface area contributed by atoms with E-state index in [2.05, 4.69) is 20.6 Å². The van der Waals surface area contributed by atoms with Gasteiger partial charge in [0.1, 0.15) is 11.5 Å². The maximum Gasteiger partial charge on any atom is 0.234 e. The highest BCUT2D eigenvalue weighted by Gasteiger charge is 2.20. The number of anilines is 1. The Morgan fingerprint density at radius 3 is 2.69 bits per heavy atom. The minimum Gasteiger partial charge on any atom is -0.325 e. The van der Waals surface area contributed by atoms with Crippen LogP contribution in [-0.2, 0) is 18.4 Å². The number of carbonyl (C=O) groups excluding carboxylic acids is 1. The average Bonchev–Trinajstić information content (AvgIpc) is 3.35. The molecule has 0 atom stereocenters. The first-order valence-corrected chi connectivity index (χ1v) is 11.2. The van der Waals surface area contributed by atoms with E-state index in [9.17, 15) is 9.18 Å². The summed E-state index contributed by atoms with van der Waals surface area (Å²) >= 11 is 7.29. The van der Waals surface area contributed by atoms with Crippen molar-refractivity contribution in [2.24, 2.45) is 7.05 Å². The van der Waals surface area contributed by atoms with Gasteiger partial charge in [0.05, 0.1) is 11.3 Å². The lowest BCUT2D eigenvalue weighted by Gasteiger charge is -2.08. The zero-order chi connectivity index (χ0) is 22.7. The molecule has 4 aromatic rings. The highest BCUT2D eigenvalue weighted by molar-refractivity contribution is 7.99. The number of aryl methyl sites for hydroxylation is 1. The van der Waals surface area contributed by atoms with E-state index in [-0.39, 0.29) is 11.7 Å². The SMILES string of the molecule is CCn1c(SCC(=O)Nc2cccc(F)c2)nnc1-c1cn(C)nc1-c1ccc(Cl)cc1.